The van der Waals surface area contributed by atoms with E-state index < -0.39 is 0 Å². The lowest BCUT2D eigenvalue weighted by Gasteiger charge is -2.07. The van der Waals surface area contributed by atoms with Gasteiger partial charge in [-0.15, -0.1) is 0 Å². The number of phenolic OH excluding ortho intramolecular Hbond substituents is 2. The highest BCUT2D eigenvalue weighted by Gasteiger charge is 2.12. The molecule has 0 aliphatic carbocycles. The van der Waals surface area contributed by atoms with Crippen molar-refractivity contribution in [3.63, 3.8) is 0 Å². The molecule has 3 heteroatoms. The van der Waals surface area contributed by atoms with Gasteiger partial charge < -0.3 is 10.2 Å². The molecule has 1 aromatic carbocycles. The molecule has 0 aromatic heterocycles. The molecule has 0 spiro atoms. The van der Waals surface area contributed by atoms with E-state index in [1.165, 1.54) is 19.1 Å². The van der Waals surface area contributed by atoms with Crippen LogP contribution in [0.15, 0.2) is 12.1 Å². The molecule has 0 atom stereocenters. The molecule has 0 unspecified atom stereocenters. The van der Waals surface area contributed by atoms with Crippen molar-refractivity contribution in [2.24, 2.45) is 0 Å². The molecule has 70 valence electrons. The van der Waals surface area contributed by atoms with Crippen molar-refractivity contribution in [3.05, 3.63) is 23.3 Å². The van der Waals surface area contributed by atoms with Crippen molar-refractivity contribution in [3.8, 4) is 11.5 Å². The highest BCUT2D eigenvalue weighted by Crippen LogP contribution is 2.31. The predicted octanol–water partition coefficient (Wildman–Crippen LogP) is 1.86. The number of Topliss-reactive ketones (excluding diaryl/α,β-unsaturated/α-hetero) is 1. The third-order valence-electron chi connectivity index (χ3n) is 1.99. The SMILES string of the molecule is CCc1c(C(C)=O)ccc(O)c1O. The minimum absolute atomic E-state index is 0.104. The first-order valence-corrected chi connectivity index (χ1v) is 4.12. The van der Waals surface area contributed by atoms with Crippen LogP contribution in [0, 0.1) is 0 Å². The van der Waals surface area contributed by atoms with Gasteiger partial charge >= 0.3 is 0 Å². The lowest BCUT2D eigenvalue weighted by molar-refractivity contribution is 0.101. The number of carbonyl (C=O) groups is 1. The van der Waals surface area contributed by atoms with Crippen molar-refractivity contribution >= 4 is 5.78 Å². The van der Waals surface area contributed by atoms with Crippen LogP contribution in [0.4, 0.5) is 0 Å². The van der Waals surface area contributed by atoms with E-state index in [1.807, 2.05) is 6.92 Å². The number of hydrogen-bond donors (Lipinski definition) is 2. The number of benzene rings is 1. The summed E-state index contributed by atoms with van der Waals surface area (Å²) in [5, 5.41) is 18.6. The molecule has 0 radical (unpaired) electrons. The van der Waals surface area contributed by atoms with Gasteiger partial charge in [0.1, 0.15) is 0 Å². The summed E-state index contributed by atoms with van der Waals surface area (Å²) in [5.74, 6) is -0.468. The summed E-state index contributed by atoms with van der Waals surface area (Å²) in [6.45, 7) is 3.26. The van der Waals surface area contributed by atoms with E-state index in [4.69, 9.17) is 0 Å². The second kappa shape index (κ2) is 3.47. The molecule has 2 N–H and O–H groups in total. The van der Waals surface area contributed by atoms with Gasteiger partial charge in [0.2, 0.25) is 0 Å². The maximum atomic E-state index is 11.1. The lowest BCUT2D eigenvalue weighted by Crippen LogP contribution is -1.98. The molecule has 1 aromatic rings. The highest BCUT2D eigenvalue weighted by molar-refractivity contribution is 5.96. The summed E-state index contributed by atoms with van der Waals surface area (Å²) in [6, 6.07) is 2.85. The molecule has 1 rings (SSSR count). The van der Waals surface area contributed by atoms with Gasteiger partial charge in [-0.05, 0) is 25.5 Å². The number of hydrogen-bond acceptors (Lipinski definition) is 3. The Labute approximate surface area is 76.6 Å². The molecule has 3 nitrogen and oxygen atoms in total. The summed E-state index contributed by atoms with van der Waals surface area (Å²) in [4.78, 5) is 11.1. The molecule has 13 heavy (non-hydrogen) atoms. The molecule has 0 aliphatic heterocycles. The van der Waals surface area contributed by atoms with Crippen molar-refractivity contribution in [1.29, 1.82) is 0 Å². The standard InChI is InChI=1S/C10H12O3/c1-3-7-8(6(2)11)4-5-9(12)10(7)13/h4-5,12-13H,3H2,1-2H3. The van der Waals surface area contributed by atoms with Crippen molar-refractivity contribution in [2.45, 2.75) is 20.3 Å². The number of carbonyl (C=O) groups excluding carboxylic acids is 1. The average molecular weight is 180 g/mol. The topological polar surface area (TPSA) is 57.5 Å². The minimum Gasteiger partial charge on any atom is -0.504 e. The molecule has 0 saturated heterocycles. The molecule has 0 aliphatic rings. The van der Waals surface area contributed by atoms with E-state index in [-0.39, 0.29) is 17.3 Å². The van der Waals surface area contributed by atoms with Gasteiger partial charge in [0.25, 0.3) is 0 Å². The molecular weight excluding hydrogens is 168 g/mol. The van der Waals surface area contributed by atoms with Gasteiger partial charge in [-0.2, -0.15) is 0 Å². The molecular formula is C10H12O3. The highest BCUT2D eigenvalue weighted by atomic mass is 16.3. The quantitative estimate of drug-likeness (QED) is 0.539. The first-order chi connectivity index (χ1) is 6.07. The number of rotatable bonds is 2. The van der Waals surface area contributed by atoms with Gasteiger partial charge in [-0.1, -0.05) is 6.92 Å². The van der Waals surface area contributed by atoms with Gasteiger partial charge in [0.15, 0.2) is 17.3 Å². The van der Waals surface area contributed by atoms with E-state index in [0.717, 1.165) is 0 Å². The average Bonchev–Trinajstić information content (AvgIpc) is 2.09. The smallest absolute Gasteiger partial charge is 0.161 e. The minimum atomic E-state index is -0.185. The number of ketones is 1. The first kappa shape index (κ1) is 9.58. The van der Waals surface area contributed by atoms with Crippen LogP contribution in [0.2, 0.25) is 0 Å². The zero-order valence-corrected chi connectivity index (χ0v) is 7.66. The van der Waals surface area contributed by atoms with Crippen LogP contribution in [0.25, 0.3) is 0 Å². The van der Waals surface area contributed by atoms with Crippen LogP contribution in [0.5, 0.6) is 11.5 Å². The van der Waals surface area contributed by atoms with Crippen LogP contribution in [-0.4, -0.2) is 16.0 Å². The van der Waals surface area contributed by atoms with E-state index in [9.17, 15) is 15.0 Å². The maximum absolute atomic E-state index is 11.1. The van der Waals surface area contributed by atoms with Crippen LogP contribution in [0.1, 0.15) is 29.8 Å². The fraction of sp³-hybridized carbons (Fsp3) is 0.300. The van der Waals surface area contributed by atoms with Gasteiger partial charge in [-0.3, -0.25) is 4.79 Å². The van der Waals surface area contributed by atoms with Crippen molar-refractivity contribution in [2.75, 3.05) is 0 Å². The normalized spacial score (nSPS) is 10.0. The third-order valence-corrected chi connectivity index (χ3v) is 1.99. The summed E-state index contributed by atoms with van der Waals surface area (Å²) < 4.78 is 0. The summed E-state index contributed by atoms with van der Waals surface area (Å²) in [7, 11) is 0. The first-order valence-electron chi connectivity index (χ1n) is 4.12. The van der Waals surface area contributed by atoms with Crippen LogP contribution in [-0.2, 0) is 6.42 Å². The van der Waals surface area contributed by atoms with Crippen LogP contribution in [0.3, 0.4) is 0 Å². The Balaban J connectivity index is 3.38. The van der Waals surface area contributed by atoms with Gasteiger partial charge in [0.05, 0.1) is 0 Å². The lowest BCUT2D eigenvalue weighted by atomic mass is 10.0. The Hall–Kier alpha value is -1.51. The Morgan fingerprint density at radius 2 is 2.00 bits per heavy atom. The molecule has 0 fully saturated rings. The predicted molar refractivity (Wildman–Crippen MR) is 49.2 cm³/mol. The number of aromatic hydroxyl groups is 2. The molecule has 0 bridgehead atoms. The Morgan fingerprint density at radius 1 is 1.38 bits per heavy atom. The van der Waals surface area contributed by atoms with Crippen LogP contribution >= 0.6 is 0 Å². The van der Waals surface area contributed by atoms with Gasteiger partial charge in [0, 0.05) is 11.1 Å². The summed E-state index contributed by atoms with van der Waals surface area (Å²) >= 11 is 0. The number of phenols is 2. The maximum Gasteiger partial charge on any atom is 0.161 e. The van der Waals surface area contributed by atoms with Crippen molar-refractivity contribution in [1.82, 2.24) is 0 Å². The Bertz CT molecular complexity index is 342. The van der Waals surface area contributed by atoms with E-state index >= 15 is 0 Å². The zero-order chi connectivity index (χ0) is 10.0. The summed E-state index contributed by atoms with van der Waals surface area (Å²) in [6.07, 6.45) is 0.523. The fourth-order valence-corrected chi connectivity index (χ4v) is 1.31. The molecule has 0 heterocycles. The van der Waals surface area contributed by atoms with Gasteiger partial charge in [-0.25, -0.2) is 0 Å². The largest absolute Gasteiger partial charge is 0.504 e. The fourth-order valence-electron chi connectivity index (χ4n) is 1.31. The second-order valence-electron chi connectivity index (χ2n) is 2.87. The molecule has 0 amide bonds. The monoisotopic (exact) mass is 180 g/mol. The van der Waals surface area contributed by atoms with E-state index in [2.05, 4.69) is 0 Å². The zero-order valence-electron chi connectivity index (χ0n) is 7.66. The third kappa shape index (κ3) is 1.64. The Morgan fingerprint density at radius 3 is 2.46 bits per heavy atom. The van der Waals surface area contributed by atoms with Crippen molar-refractivity contribution < 1.29 is 15.0 Å². The summed E-state index contributed by atoms with van der Waals surface area (Å²) in [5.41, 5.74) is 0.977. The van der Waals surface area contributed by atoms with E-state index in [1.54, 1.807) is 0 Å². The molecule has 0 saturated carbocycles. The Kier molecular flexibility index (Phi) is 2.56. The van der Waals surface area contributed by atoms with E-state index in [0.29, 0.717) is 17.5 Å². The second-order valence-corrected chi connectivity index (χ2v) is 2.87. The van der Waals surface area contributed by atoms with Crippen LogP contribution < -0.4 is 0 Å².